The first kappa shape index (κ1) is 17.2. The van der Waals surface area contributed by atoms with Crippen LogP contribution in [-0.4, -0.2) is 21.5 Å². The average Bonchev–Trinajstić information content (AvgIpc) is 2.56. The number of hydrogen-bond donors (Lipinski definition) is 0. The Morgan fingerprint density at radius 1 is 1.08 bits per heavy atom. The molecule has 5 nitrogen and oxygen atoms in total. The number of carbonyl (C=O) groups is 1. The number of methoxy groups -OCH3 is 1. The monoisotopic (exact) mass is 361 g/mol. The Morgan fingerprint density at radius 3 is 2.44 bits per heavy atom. The Hall–Kier alpha value is -2.67. The van der Waals surface area contributed by atoms with Crippen LogP contribution in [-0.2, 0) is 19.4 Å². The lowest BCUT2D eigenvalue weighted by Gasteiger charge is -2.29. The maximum Gasteiger partial charge on any atom is 0.351 e. The van der Waals surface area contributed by atoms with E-state index >= 15 is 0 Å². The first-order valence-electron chi connectivity index (χ1n) is 7.47. The minimum absolute atomic E-state index is 0.143. The summed E-state index contributed by atoms with van der Waals surface area (Å²) in [5, 5.41) is 0. The normalized spacial score (nSPS) is 15.4. The Labute approximate surface area is 145 Å². The molecule has 2 aromatic carbocycles. The van der Waals surface area contributed by atoms with Gasteiger partial charge in [0.1, 0.15) is 5.82 Å². The molecule has 3 rings (SSSR count). The summed E-state index contributed by atoms with van der Waals surface area (Å²) in [7, 11) is -2.98. The van der Waals surface area contributed by atoms with Crippen molar-refractivity contribution in [1.82, 2.24) is 0 Å². The molecule has 0 aromatic heterocycles. The van der Waals surface area contributed by atoms with Crippen molar-refractivity contribution < 1.29 is 22.3 Å². The number of carbonyl (C=O) groups excluding carboxylic acids is 1. The van der Waals surface area contributed by atoms with Crippen LogP contribution >= 0.6 is 0 Å². The van der Waals surface area contributed by atoms with E-state index in [1.54, 1.807) is 6.07 Å². The molecule has 0 unspecified atom stereocenters. The fraction of sp³-hybridized carbons (Fsp3) is 0.167. The molecule has 0 saturated carbocycles. The second kappa shape index (κ2) is 6.00. The third-order valence-corrected chi connectivity index (χ3v) is 5.94. The van der Waals surface area contributed by atoms with Gasteiger partial charge in [0.2, 0.25) is 9.84 Å². The lowest BCUT2D eigenvalue weighted by Crippen LogP contribution is -2.26. The Balaban J connectivity index is 2.30. The zero-order valence-electron chi connectivity index (χ0n) is 13.9. The molecule has 7 heteroatoms. The summed E-state index contributed by atoms with van der Waals surface area (Å²) in [5.41, 5.74) is 2.81. The van der Waals surface area contributed by atoms with E-state index in [-0.39, 0.29) is 10.6 Å². The minimum Gasteiger partial charge on any atom is -0.465 e. The molecule has 130 valence electrons. The molecule has 0 N–H and O–H groups in total. The van der Waals surface area contributed by atoms with Gasteiger partial charge in [-0.1, -0.05) is 6.07 Å². The largest absolute Gasteiger partial charge is 0.465 e. The first-order chi connectivity index (χ1) is 11.8. The molecule has 0 atom stereocenters. The van der Waals surface area contributed by atoms with Gasteiger partial charge >= 0.3 is 5.97 Å². The molecule has 0 fully saturated rings. The highest BCUT2D eigenvalue weighted by molar-refractivity contribution is 7.96. The van der Waals surface area contributed by atoms with Crippen LogP contribution in [0.2, 0.25) is 0 Å². The summed E-state index contributed by atoms with van der Waals surface area (Å²) in [5.74, 6) is -1.54. The Bertz CT molecular complexity index is 1010. The van der Waals surface area contributed by atoms with E-state index in [2.05, 4.69) is 4.74 Å². The number of halogens is 1. The maximum atomic E-state index is 13.8. The number of esters is 1. The van der Waals surface area contributed by atoms with Crippen molar-refractivity contribution >= 4 is 27.2 Å². The van der Waals surface area contributed by atoms with Gasteiger partial charge in [0.25, 0.3) is 0 Å². The van der Waals surface area contributed by atoms with E-state index in [1.807, 2.05) is 26.0 Å². The Kier molecular flexibility index (Phi) is 4.12. The van der Waals surface area contributed by atoms with Crippen LogP contribution in [0.4, 0.5) is 15.8 Å². The highest BCUT2D eigenvalue weighted by Gasteiger charge is 2.36. The lowest BCUT2D eigenvalue weighted by molar-refractivity contribution is -0.135. The summed E-state index contributed by atoms with van der Waals surface area (Å²) in [6.45, 7) is 3.86. The van der Waals surface area contributed by atoms with Crippen LogP contribution in [0.1, 0.15) is 11.1 Å². The van der Waals surface area contributed by atoms with Crippen LogP contribution in [0.15, 0.2) is 52.4 Å². The van der Waals surface area contributed by atoms with E-state index in [1.165, 1.54) is 11.1 Å². The topological polar surface area (TPSA) is 63.7 Å². The number of fused-ring (bicyclic) bond motifs is 1. The van der Waals surface area contributed by atoms with E-state index in [0.29, 0.717) is 5.69 Å². The third kappa shape index (κ3) is 2.80. The van der Waals surface area contributed by atoms with E-state index in [9.17, 15) is 17.6 Å². The van der Waals surface area contributed by atoms with Crippen LogP contribution < -0.4 is 4.90 Å². The predicted molar refractivity (Wildman–Crippen MR) is 91.7 cm³/mol. The molecule has 0 amide bonds. The van der Waals surface area contributed by atoms with Gasteiger partial charge in [-0.05, 0) is 55.3 Å². The molecule has 0 aliphatic carbocycles. The molecule has 0 bridgehead atoms. The number of benzene rings is 2. The summed E-state index contributed by atoms with van der Waals surface area (Å²) < 4.78 is 43.8. The fourth-order valence-electron chi connectivity index (χ4n) is 2.63. The summed E-state index contributed by atoms with van der Waals surface area (Å²) in [6.07, 6.45) is 1.17. The van der Waals surface area contributed by atoms with Crippen molar-refractivity contribution in [3.63, 3.8) is 0 Å². The van der Waals surface area contributed by atoms with E-state index < -0.39 is 26.5 Å². The SMILES string of the molecule is COC(=O)C1=CN(c2ccc(C)c(C)c2)c2cc(F)ccc2S1(=O)=O. The van der Waals surface area contributed by atoms with Gasteiger partial charge in [-0.3, -0.25) is 0 Å². The van der Waals surface area contributed by atoms with Crippen molar-refractivity contribution in [3.8, 4) is 0 Å². The quantitative estimate of drug-likeness (QED) is 0.606. The molecule has 1 aliphatic rings. The van der Waals surface area contributed by atoms with Gasteiger partial charge in [0.05, 0.1) is 17.7 Å². The van der Waals surface area contributed by atoms with Gasteiger partial charge in [0.15, 0.2) is 4.91 Å². The predicted octanol–water partition coefficient (Wildman–Crippen LogP) is 3.38. The minimum atomic E-state index is -4.09. The number of ether oxygens (including phenoxy) is 1. The standard InChI is InChI=1S/C18H16FNO4S/c1-11-4-6-14(8-12(11)2)20-10-17(18(21)24-3)25(22,23)16-7-5-13(19)9-15(16)20/h4-10H,1-3H3. The molecule has 2 aromatic rings. The Morgan fingerprint density at radius 2 is 1.80 bits per heavy atom. The van der Waals surface area contributed by atoms with Crippen LogP contribution in [0.25, 0.3) is 0 Å². The highest BCUT2D eigenvalue weighted by atomic mass is 32.2. The fourth-order valence-corrected chi connectivity index (χ4v) is 4.10. The van der Waals surface area contributed by atoms with E-state index in [4.69, 9.17) is 0 Å². The van der Waals surface area contributed by atoms with Crippen molar-refractivity contribution in [1.29, 1.82) is 0 Å². The summed E-state index contributed by atoms with van der Waals surface area (Å²) in [6, 6.07) is 8.83. The number of sulfone groups is 1. The number of rotatable bonds is 2. The van der Waals surface area contributed by atoms with Gasteiger partial charge in [0, 0.05) is 11.9 Å². The maximum absolute atomic E-state index is 13.8. The smallest absolute Gasteiger partial charge is 0.351 e. The van der Waals surface area contributed by atoms with Crippen LogP contribution in [0.3, 0.4) is 0 Å². The first-order valence-corrected chi connectivity index (χ1v) is 8.95. The van der Waals surface area contributed by atoms with Gasteiger partial charge in [-0.15, -0.1) is 0 Å². The number of hydrogen-bond acceptors (Lipinski definition) is 5. The summed E-state index contributed by atoms with van der Waals surface area (Å²) in [4.78, 5) is 12.8. The molecule has 1 heterocycles. The summed E-state index contributed by atoms with van der Waals surface area (Å²) >= 11 is 0. The molecule has 25 heavy (non-hydrogen) atoms. The van der Waals surface area contributed by atoms with Crippen LogP contribution in [0.5, 0.6) is 0 Å². The second-order valence-electron chi connectivity index (χ2n) is 5.74. The lowest BCUT2D eigenvalue weighted by atomic mass is 10.1. The molecular weight excluding hydrogens is 345 g/mol. The molecule has 0 spiro atoms. The average molecular weight is 361 g/mol. The van der Waals surface area contributed by atoms with Gasteiger partial charge < -0.3 is 9.64 Å². The molecule has 0 saturated heterocycles. The molecular formula is C18H16FNO4S. The van der Waals surface area contributed by atoms with E-state index in [0.717, 1.165) is 36.4 Å². The second-order valence-corrected chi connectivity index (χ2v) is 7.63. The molecule has 1 aliphatic heterocycles. The van der Waals surface area contributed by atoms with Crippen molar-refractivity contribution in [2.75, 3.05) is 12.0 Å². The molecule has 0 radical (unpaired) electrons. The number of anilines is 2. The third-order valence-electron chi connectivity index (χ3n) is 4.16. The van der Waals surface area contributed by atoms with Gasteiger partial charge in [-0.2, -0.15) is 0 Å². The highest BCUT2D eigenvalue weighted by Crippen LogP contribution is 2.40. The number of nitrogens with zero attached hydrogens (tertiary/aromatic N) is 1. The zero-order valence-corrected chi connectivity index (χ0v) is 14.7. The van der Waals surface area contributed by atoms with Gasteiger partial charge in [-0.25, -0.2) is 17.6 Å². The van der Waals surface area contributed by atoms with Crippen molar-refractivity contribution in [2.24, 2.45) is 0 Å². The zero-order chi connectivity index (χ0) is 18.4. The van der Waals surface area contributed by atoms with Crippen molar-refractivity contribution in [2.45, 2.75) is 18.7 Å². The van der Waals surface area contributed by atoms with Crippen molar-refractivity contribution in [3.05, 3.63) is 64.4 Å². The van der Waals surface area contributed by atoms with Crippen LogP contribution in [0, 0.1) is 19.7 Å². The number of aryl methyl sites for hydroxylation is 2.